The summed E-state index contributed by atoms with van der Waals surface area (Å²) in [6.45, 7) is 5.79. The molecular weight excluding hydrogens is 166 g/mol. The summed E-state index contributed by atoms with van der Waals surface area (Å²) in [7, 11) is 0. The van der Waals surface area contributed by atoms with Gasteiger partial charge in [-0.2, -0.15) is 0 Å². The van der Waals surface area contributed by atoms with E-state index in [0.29, 0.717) is 17.3 Å². The van der Waals surface area contributed by atoms with E-state index in [1.54, 1.807) is 19.2 Å². The van der Waals surface area contributed by atoms with Crippen LogP contribution in [-0.2, 0) is 0 Å². The summed E-state index contributed by atoms with van der Waals surface area (Å²) in [6, 6.07) is 1.66. The van der Waals surface area contributed by atoms with Crippen LogP contribution in [0.2, 0.25) is 0 Å². The highest BCUT2D eigenvalue weighted by molar-refractivity contribution is 5.73. The quantitative estimate of drug-likeness (QED) is 0.672. The largest absolute Gasteiger partial charge is 0.441 e. The van der Waals surface area contributed by atoms with Crippen molar-refractivity contribution in [2.45, 2.75) is 20.8 Å². The second-order valence-electron chi connectivity index (χ2n) is 2.31. The second-order valence-corrected chi connectivity index (χ2v) is 2.31. The van der Waals surface area contributed by atoms with E-state index in [-0.39, 0.29) is 0 Å². The van der Waals surface area contributed by atoms with Crippen LogP contribution >= 0.6 is 0 Å². The number of nitrogens with two attached hydrogens (primary N) is 1. The fourth-order valence-electron chi connectivity index (χ4n) is 0.962. The molecule has 2 heterocycles. The Morgan fingerprint density at radius 3 is 2.77 bits per heavy atom. The van der Waals surface area contributed by atoms with Crippen LogP contribution in [0.5, 0.6) is 0 Å². The summed E-state index contributed by atoms with van der Waals surface area (Å²) in [6.07, 6.45) is 1.60. The second kappa shape index (κ2) is 3.89. The van der Waals surface area contributed by atoms with Gasteiger partial charge in [0.25, 0.3) is 0 Å². The van der Waals surface area contributed by atoms with Gasteiger partial charge in [0.15, 0.2) is 11.5 Å². The number of hydrogen-bond donors (Lipinski definition) is 1. The van der Waals surface area contributed by atoms with E-state index in [0.717, 1.165) is 5.52 Å². The first-order chi connectivity index (χ1) is 6.25. The maximum absolute atomic E-state index is 5.43. The minimum atomic E-state index is 0.452. The van der Waals surface area contributed by atoms with Gasteiger partial charge >= 0.3 is 0 Å². The number of anilines is 1. The molecule has 0 aliphatic rings. The molecule has 4 heteroatoms. The number of hydrogen-bond acceptors (Lipinski definition) is 4. The molecule has 0 amide bonds. The smallest absolute Gasteiger partial charge is 0.192 e. The molecule has 0 aromatic carbocycles. The standard InChI is InChI=1S/C7H7N3O.C2H6/c1-4-10-5-3-9-7(8)2-6(5)11-4;1-2/h2-3H,1H3,(H2,8,9);1-2H3. The highest BCUT2D eigenvalue weighted by Gasteiger charge is 2.01. The lowest BCUT2D eigenvalue weighted by Gasteiger charge is -1.87. The molecule has 0 unspecified atom stereocenters. The summed E-state index contributed by atoms with van der Waals surface area (Å²) < 4.78 is 5.22. The van der Waals surface area contributed by atoms with Gasteiger partial charge in [-0.25, -0.2) is 9.97 Å². The Bertz CT molecular complexity index is 395. The minimum absolute atomic E-state index is 0.452. The van der Waals surface area contributed by atoms with Crippen molar-refractivity contribution < 1.29 is 4.42 Å². The minimum Gasteiger partial charge on any atom is -0.441 e. The third kappa shape index (κ3) is 1.96. The molecule has 0 spiro atoms. The first kappa shape index (κ1) is 9.51. The van der Waals surface area contributed by atoms with Crippen LogP contribution in [0.25, 0.3) is 11.1 Å². The Balaban J connectivity index is 0.000000396. The predicted molar refractivity (Wildman–Crippen MR) is 52.3 cm³/mol. The van der Waals surface area contributed by atoms with Crippen molar-refractivity contribution >= 4 is 16.9 Å². The Kier molecular flexibility index (Phi) is 2.84. The highest BCUT2D eigenvalue weighted by Crippen LogP contribution is 2.14. The molecule has 70 valence electrons. The number of nitrogen functional groups attached to an aromatic ring is 1. The monoisotopic (exact) mass is 179 g/mol. The summed E-state index contributed by atoms with van der Waals surface area (Å²) in [5.41, 5.74) is 6.87. The fourth-order valence-corrected chi connectivity index (χ4v) is 0.962. The van der Waals surface area contributed by atoms with Gasteiger partial charge in [-0.3, -0.25) is 0 Å². The van der Waals surface area contributed by atoms with Crippen LogP contribution in [0, 0.1) is 6.92 Å². The van der Waals surface area contributed by atoms with Gasteiger partial charge in [-0.1, -0.05) is 13.8 Å². The molecule has 0 atom stereocenters. The molecule has 2 aromatic heterocycles. The first-order valence-electron chi connectivity index (χ1n) is 4.24. The highest BCUT2D eigenvalue weighted by atomic mass is 16.3. The van der Waals surface area contributed by atoms with E-state index in [2.05, 4.69) is 9.97 Å². The van der Waals surface area contributed by atoms with Gasteiger partial charge in [0.2, 0.25) is 0 Å². The van der Waals surface area contributed by atoms with Crippen LogP contribution in [-0.4, -0.2) is 9.97 Å². The van der Waals surface area contributed by atoms with Crippen molar-refractivity contribution in [1.82, 2.24) is 9.97 Å². The molecule has 0 aliphatic carbocycles. The summed E-state index contributed by atoms with van der Waals surface area (Å²) in [5, 5.41) is 0. The van der Waals surface area contributed by atoms with E-state index in [9.17, 15) is 0 Å². The molecule has 4 nitrogen and oxygen atoms in total. The van der Waals surface area contributed by atoms with E-state index in [1.165, 1.54) is 0 Å². The summed E-state index contributed by atoms with van der Waals surface area (Å²) in [4.78, 5) is 7.95. The number of fused-ring (bicyclic) bond motifs is 1. The van der Waals surface area contributed by atoms with E-state index < -0.39 is 0 Å². The number of aromatic nitrogens is 2. The van der Waals surface area contributed by atoms with Crippen molar-refractivity contribution in [2.24, 2.45) is 0 Å². The maximum atomic E-state index is 5.43. The molecule has 13 heavy (non-hydrogen) atoms. The van der Waals surface area contributed by atoms with Crippen molar-refractivity contribution in [1.29, 1.82) is 0 Å². The lowest BCUT2D eigenvalue weighted by atomic mass is 10.4. The fraction of sp³-hybridized carbons (Fsp3) is 0.333. The Labute approximate surface area is 76.8 Å². The molecule has 0 bridgehead atoms. The molecule has 0 fully saturated rings. The Morgan fingerprint density at radius 1 is 1.38 bits per heavy atom. The zero-order chi connectivity index (χ0) is 9.84. The van der Waals surface area contributed by atoms with Gasteiger partial charge in [-0.05, 0) is 0 Å². The molecule has 2 aromatic rings. The van der Waals surface area contributed by atoms with E-state index in [1.807, 2.05) is 13.8 Å². The topological polar surface area (TPSA) is 64.9 Å². The molecule has 0 saturated heterocycles. The Hall–Kier alpha value is -1.58. The number of aryl methyl sites for hydroxylation is 1. The maximum Gasteiger partial charge on any atom is 0.192 e. The predicted octanol–water partition coefficient (Wildman–Crippen LogP) is 2.14. The lowest BCUT2D eigenvalue weighted by Crippen LogP contribution is -1.87. The van der Waals surface area contributed by atoms with Crippen LogP contribution in [0.1, 0.15) is 19.7 Å². The third-order valence-electron chi connectivity index (χ3n) is 1.40. The van der Waals surface area contributed by atoms with Crippen LogP contribution < -0.4 is 5.73 Å². The van der Waals surface area contributed by atoms with Gasteiger partial charge in [0, 0.05) is 13.0 Å². The van der Waals surface area contributed by atoms with Crippen LogP contribution in [0.15, 0.2) is 16.7 Å². The zero-order valence-corrected chi connectivity index (χ0v) is 8.03. The van der Waals surface area contributed by atoms with E-state index in [4.69, 9.17) is 10.2 Å². The number of nitrogens with zero attached hydrogens (tertiary/aromatic N) is 2. The van der Waals surface area contributed by atoms with Gasteiger partial charge in [0.1, 0.15) is 11.3 Å². The van der Waals surface area contributed by atoms with Gasteiger partial charge in [0.05, 0.1) is 6.20 Å². The molecule has 0 aliphatic heterocycles. The average Bonchev–Trinajstić information content (AvgIpc) is 2.48. The summed E-state index contributed by atoms with van der Waals surface area (Å²) >= 11 is 0. The number of oxazole rings is 1. The SMILES string of the molecule is CC.Cc1nc2cnc(N)cc2o1. The number of pyridine rings is 1. The average molecular weight is 179 g/mol. The van der Waals surface area contributed by atoms with Crippen molar-refractivity contribution in [3.63, 3.8) is 0 Å². The molecule has 0 saturated carbocycles. The van der Waals surface area contributed by atoms with Crippen molar-refractivity contribution in [3.8, 4) is 0 Å². The van der Waals surface area contributed by atoms with Crippen LogP contribution in [0.4, 0.5) is 5.82 Å². The van der Waals surface area contributed by atoms with Crippen molar-refractivity contribution in [2.75, 3.05) is 5.73 Å². The van der Waals surface area contributed by atoms with Gasteiger partial charge < -0.3 is 10.2 Å². The van der Waals surface area contributed by atoms with Crippen molar-refractivity contribution in [3.05, 3.63) is 18.2 Å². The normalized spacial score (nSPS) is 9.46. The molecule has 0 radical (unpaired) electrons. The lowest BCUT2D eigenvalue weighted by molar-refractivity contribution is 0.561. The summed E-state index contributed by atoms with van der Waals surface area (Å²) in [5.74, 6) is 1.08. The third-order valence-corrected chi connectivity index (χ3v) is 1.40. The molecular formula is C9H13N3O. The first-order valence-corrected chi connectivity index (χ1v) is 4.24. The zero-order valence-electron chi connectivity index (χ0n) is 8.03. The molecule has 2 N–H and O–H groups in total. The van der Waals surface area contributed by atoms with Gasteiger partial charge in [-0.15, -0.1) is 0 Å². The Morgan fingerprint density at radius 2 is 2.08 bits per heavy atom. The van der Waals surface area contributed by atoms with E-state index >= 15 is 0 Å². The van der Waals surface area contributed by atoms with Crippen LogP contribution in [0.3, 0.4) is 0 Å². The molecule has 2 rings (SSSR count). The number of rotatable bonds is 0.